The smallest absolute Gasteiger partial charge is 0.222 e. The number of carbonyl (C=O) groups excluding carboxylic acids is 1. The van der Waals surface area contributed by atoms with Gasteiger partial charge in [0.2, 0.25) is 5.91 Å². The van der Waals surface area contributed by atoms with Crippen molar-refractivity contribution in [3.8, 4) is 0 Å². The van der Waals surface area contributed by atoms with Crippen molar-refractivity contribution in [1.29, 1.82) is 0 Å². The Morgan fingerprint density at radius 3 is 1.07 bits per heavy atom. The number of aliphatic hydroxyl groups excluding tert-OH is 3. The van der Waals surface area contributed by atoms with E-state index in [1.165, 1.54) is 218 Å². The number of rotatable bonds is 49. The van der Waals surface area contributed by atoms with Crippen LogP contribution in [-0.2, 0) is 4.79 Å². The van der Waals surface area contributed by atoms with Crippen molar-refractivity contribution in [1.82, 2.24) is 5.32 Å². The fourth-order valence-corrected chi connectivity index (χ4v) is 8.32. The highest BCUT2D eigenvalue weighted by atomic mass is 16.3. The number of unbranched alkanes of at least 4 members (excludes halogenated alkanes) is 36. The SMILES string of the molecule is CCCCCCCCCCCCCCC/C=C/CC/C=C/CC/C=C/C(O)C(CO)NC(=O)CC(O)CCCCCCCCCCCCCCCCCCCCCCCC. The molecular weight excluding hydrogens is 739 g/mol. The van der Waals surface area contributed by atoms with Crippen molar-refractivity contribution in [2.75, 3.05) is 6.61 Å². The minimum atomic E-state index is -0.959. The van der Waals surface area contributed by atoms with Crippen molar-refractivity contribution in [3.05, 3.63) is 36.5 Å². The van der Waals surface area contributed by atoms with Gasteiger partial charge in [0.05, 0.1) is 31.3 Å². The number of hydrogen-bond acceptors (Lipinski definition) is 4. The van der Waals surface area contributed by atoms with E-state index in [-0.39, 0.29) is 18.9 Å². The van der Waals surface area contributed by atoms with Crippen LogP contribution in [0.1, 0.15) is 284 Å². The van der Waals surface area contributed by atoms with E-state index in [4.69, 9.17) is 0 Å². The zero-order valence-electron chi connectivity index (χ0n) is 40.4. The monoisotopic (exact) mass is 844 g/mol. The number of carbonyl (C=O) groups is 1. The second kappa shape index (κ2) is 50.2. The molecule has 0 aromatic carbocycles. The second-order valence-corrected chi connectivity index (χ2v) is 18.5. The molecule has 60 heavy (non-hydrogen) atoms. The third kappa shape index (κ3) is 46.1. The van der Waals surface area contributed by atoms with Gasteiger partial charge in [0.15, 0.2) is 0 Å². The Morgan fingerprint density at radius 1 is 0.417 bits per heavy atom. The van der Waals surface area contributed by atoms with E-state index in [2.05, 4.69) is 43.5 Å². The van der Waals surface area contributed by atoms with Crippen LogP contribution in [0.25, 0.3) is 0 Å². The molecule has 0 fully saturated rings. The van der Waals surface area contributed by atoms with E-state index in [1.54, 1.807) is 6.08 Å². The van der Waals surface area contributed by atoms with E-state index >= 15 is 0 Å². The first-order chi connectivity index (χ1) is 29.5. The zero-order valence-corrected chi connectivity index (χ0v) is 40.4. The predicted molar refractivity (Wildman–Crippen MR) is 264 cm³/mol. The van der Waals surface area contributed by atoms with Crippen molar-refractivity contribution < 1.29 is 20.1 Å². The highest BCUT2D eigenvalue weighted by Crippen LogP contribution is 2.17. The Kier molecular flexibility index (Phi) is 49.0. The highest BCUT2D eigenvalue weighted by molar-refractivity contribution is 5.76. The van der Waals surface area contributed by atoms with Crippen molar-refractivity contribution >= 4 is 5.91 Å². The summed E-state index contributed by atoms with van der Waals surface area (Å²) in [5.74, 6) is -0.325. The molecule has 0 aliphatic heterocycles. The van der Waals surface area contributed by atoms with Gasteiger partial charge in [-0.3, -0.25) is 4.79 Å². The number of amides is 1. The molecule has 0 spiro atoms. The van der Waals surface area contributed by atoms with Crippen LogP contribution in [-0.4, -0.2) is 46.1 Å². The highest BCUT2D eigenvalue weighted by Gasteiger charge is 2.20. The van der Waals surface area contributed by atoms with Crippen molar-refractivity contribution in [2.24, 2.45) is 0 Å². The summed E-state index contributed by atoms with van der Waals surface area (Å²) in [6.45, 7) is 4.23. The summed E-state index contributed by atoms with van der Waals surface area (Å²) in [5, 5.41) is 33.4. The van der Waals surface area contributed by atoms with E-state index in [0.29, 0.717) is 6.42 Å². The predicted octanol–water partition coefficient (Wildman–Crippen LogP) is 16.3. The van der Waals surface area contributed by atoms with Crippen molar-refractivity contribution in [2.45, 2.75) is 302 Å². The van der Waals surface area contributed by atoms with Gasteiger partial charge in [-0.05, 0) is 44.9 Å². The van der Waals surface area contributed by atoms with Crippen LogP contribution < -0.4 is 5.32 Å². The quantitative estimate of drug-likeness (QED) is 0.0363. The van der Waals surface area contributed by atoms with Gasteiger partial charge < -0.3 is 20.6 Å². The lowest BCUT2D eigenvalue weighted by molar-refractivity contribution is -0.124. The van der Waals surface area contributed by atoms with Gasteiger partial charge in [-0.15, -0.1) is 0 Å². The maximum atomic E-state index is 12.5. The topological polar surface area (TPSA) is 89.8 Å². The maximum Gasteiger partial charge on any atom is 0.222 e. The summed E-state index contributed by atoms with van der Waals surface area (Å²) in [5.41, 5.74) is 0. The fourth-order valence-electron chi connectivity index (χ4n) is 8.32. The van der Waals surface area contributed by atoms with Gasteiger partial charge >= 0.3 is 0 Å². The number of allylic oxidation sites excluding steroid dienone is 5. The number of hydrogen-bond donors (Lipinski definition) is 4. The summed E-state index contributed by atoms with van der Waals surface area (Å²) in [7, 11) is 0. The average Bonchev–Trinajstić information content (AvgIpc) is 3.24. The molecule has 0 aliphatic carbocycles. The third-order valence-corrected chi connectivity index (χ3v) is 12.4. The minimum absolute atomic E-state index is 0.00557. The van der Waals surface area contributed by atoms with Crippen LogP contribution in [0.5, 0.6) is 0 Å². The standard InChI is InChI=1S/C55H105NO4/c1-3-5-7-9-11-13-15-17-19-21-23-25-27-29-31-33-35-37-39-41-43-45-47-49-54(59)53(51-57)56-55(60)50-52(58)48-46-44-42-40-38-36-34-32-30-28-26-24-22-20-18-16-14-12-10-8-6-4-2/h31,33,39,41,47,49,52-54,57-59H,3-30,32,34-38,40,42-46,48,50-51H2,1-2H3,(H,56,60)/b33-31+,41-39+,49-47+. The largest absolute Gasteiger partial charge is 0.394 e. The average molecular weight is 844 g/mol. The van der Waals surface area contributed by atoms with Crippen molar-refractivity contribution in [3.63, 3.8) is 0 Å². The lowest BCUT2D eigenvalue weighted by Crippen LogP contribution is -2.45. The van der Waals surface area contributed by atoms with E-state index in [0.717, 1.165) is 38.5 Å². The zero-order chi connectivity index (χ0) is 43.7. The Labute approximate surface area is 374 Å². The molecule has 0 heterocycles. The molecule has 5 nitrogen and oxygen atoms in total. The molecule has 5 heteroatoms. The molecular formula is C55H105NO4. The van der Waals surface area contributed by atoms with E-state index in [9.17, 15) is 20.1 Å². The molecule has 3 unspecified atom stereocenters. The molecule has 0 aromatic rings. The normalized spacial score (nSPS) is 13.6. The molecule has 0 rings (SSSR count). The van der Waals surface area contributed by atoms with Crippen LogP contribution in [0.4, 0.5) is 0 Å². The fraction of sp³-hybridized carbons (Fsp3) is 0.873. The molecule has 1 amide bonds. The lowest BCUT2D eigenvalue weighted by Gasteiger charge is -2.21. The Hall–Kier alpha value is -1.43. The Balaban J connectivity index is 3.64. The van der Waals surface area contributed by atoms with Crippen LogP contribution >= 0.6 is 0 Å². The summed E-state index contributed by atoms with van der Waals surface area (Å²) < 4.78 is 0. The van der Waals surface area contributed by atoms with Gasteiger partial charge in [-0.2, -0.15) is 0 Å². The maximum absolute atomic E-state index is 12.5. The number of nitrogens with one attached hydrogen (secondary N) is 1. The summed E-state index contributed by atoms with van der Waals surface area (Å²) >= 11 is 0. The lowest BCUT2D eigenvalue weighted by atomic mass is 10.0. The molecule has 0 aromatic heterocycles. The molecule has 0 radical (unpaired) electrons. The molecule has 0 aliphatic rings. The van der Waals surface area contributed by atoms with Gasteiger partial charge in [0.1, 0.15) is 0 Å². The minimum Gasteiger partial charge on any atom is -0.394 e. The van der Waals surface area contributed by atoms with Gasteiger partial charge in [-0.1, -0.05) is 269 Å². The van der Waals surface area contributed by atoms with Gasteiger partial charge in [0, 0.05) is 0 Å². The molecule has 0 bridgehead atoms. The second-order valence-electron chi connectivity index (χ2n) is 18.5. The van der Waals surface area contributed by atoms with Crippen LogP contribution in [0, 0.1) is 0 Å². The van der Waals surface area contributed by atoms with E-state index < -0.39 is 18.2 Å². The molecule has 0 saturated carbocycles. The molecule has 0 saturated heterocycles. The number of aliphatic hydroxyl groups is 3. The van der Waals surface area contributed by atoms with Gasteiger partial charge in [-0.25, -0.2) is 0 Å². The Morgan fingerprint density at radius 2 is 0.717 bits per heavy atom. The van der Waals surface area contributed by atoms with Crippen LogP contribution in [0.3, 0.4) is 0 Å². The first kappa shape index (κ1) is 58.6. The van der Waals surface area contributed by atoms with Crippen LogP contribution in [0.2, 0.25) is 0 Å². The third-order valence-electron chi connectivity index (χ3n) is 12.4. The first-order valence-electron chi connectivity index (χ1n) is 26.8. The van der Waals surface area contributed by atoms with Crippen LogP contribution in [0.15, 0.2) is 36.5 Å². The Bertz CT molecular complexity index is 931. The molecule has 3 atom stereocenters. The summed E-state index contributed by atoms with van der Waals surface area (Å²) in [4.78, 5) is 12.5. The molecule has 354 valence electrons. The van der Waals surface area contributed by atoms with Gasteiger partial charge in [0.25, 0.3) is 0 Å². The first-order valence-corrected chi connectivity index (χ1v) is 26.8. The molecule has 4 N–H and O–H groups in total. The summed E-state index contributed by atoms with van der Waals surface area (Å²) in [6, 6.07) is -0.766. The van der Waals surface area contributed by atoms with E-state index in [1.807, 2.05) is 6.08 Å². The summed E-state index contributed by atoms with van der Waals surface area (Å²) in [6.07, 6.45) is 64.7.